The second kappa shape index (κ2) is 5.21. The van der Waals surface area contributed by atoms with Gasteiger partial charge in [-0.2, -0.15) is 0 Å². The average Bonchev–Trinajstić information content (AvgIpc) is 2.38. The van der Waals surface area contributed by atoms with Crippen LogP contribution in [0.15, 0.2) is 61.2 Å². The zero-order chi connectivity index (χ0) is 12.1. The molecule has 0 spiro atoms. The number of phenols is 1. The molecule has 0 fully saturated rings. The van der Waals surface area contributed by atoms with Crippen molar-refractivity contribution in [2.45, 2.75) is 0 Å². The summed E-state index contributed by atoms with van der Waals surface area (Å²) in [4.78, 5) is 0. The van der Waals surface area contributed by atoms with Gasteiger partial charge in [0, 0.05) is 5.56 Å². The predicted molar refractivity (Wildman–Crippen MR) is 69.2 cm³/mol. The summed E-state index contributed by atoms with van der Waals surface area (Å²) >= 11 is 0. The SMILES string of the molecule is C=CCOc1ccc(-c2ccccc2O)cc1. The van der Waals surface area contributed by atoms with Crippen molar-refractivity contribution in [3.8, 4) is 22.6 Å². The van der Waals surface area contributed by atoms with Gasteiger partial charge in [0.05, 0.1) is 0 Å². The monoisotopic (exact) mass is 226 g/mol. The molecule has 0 saturated carbocycles. The van der Waals surface area contributed by atoms with Gasteiger partial charge in [0.2, 0.25) is 0 Å². The molecule has 0 unspecified atom stereocenters. The Morgan fingerprint density at radius 1 is 1.06 bits per heavy atom. The second-order valence-corrected chi connectivity index (χ2v) is 3.64. The predicted octanol–water partition coefficient (Wildman–Crippen LogP) is 3.62. The van der Waals surface area contributed by atoms with Crippen molar-refractivity contribution in [3.63, 3.8) is 0 Å². The second-order valence-electron chi connectivity index (χ2n) is 3.64. The standard InChI is InChI=1S/C15H14O2/c1-2-11-17-13-9-7-12(8-10-13)14-5-3-4-6-15(14)16/h2-10,16H,1,11H2. The summed E-state index contributed by atoms with van der Waals surface area (Å²) in [5, 5.41) is 9.73. The Bertz CT molecular complexity index is 501. The Morgan fingerprint density at radius 3 is 2.41 bits per heavy atom. The zero-order valence-electron chi connectivity index (χ0n) is 9.47. The van der Waals surface area contributed by atoms with Gasteiger partial charge >= 0.3 is 0 Å². The molecule has 0 aliphatic carbocycles. The molecule has 86 valence electrons. The topological polar surface area (TPSA) is 29.5 Å². The first-order valence-electron chi connectivity index (χ1n) is 5.43. The van der Waals surface area contributed by atoms with Crippen LogP contribution in [0.25, 0.3) is 11.1 Å². The largest absolute Gasteiger partial charge is 0.507 e. The van der Waals surface area contributed by atoms with Crippen LogP contribution < -0.4 is 4.74 Å². The van der Waals surface area contributed by atoms with Crippen molar-refractivity contribution in [2.75, 3.05) is 6.61 Å². The van der Waals surface area contributed by atoms with Gasteiger partial charge in [0.25, 0.3) is 0 Å². The smallest absolute Gasteiger partial charge is 0.123 e. The third-order valence-corrected chi connectivity index (χ3v) is 2.44. The van der Waals surface area contributed by atoms with Crippen LogP contribution in [0.5, 0.6) is 11.5 Å². The van der Waals surface area contributed by atoms with E-state index in [0.29, 0.717) is 6.61 Å². The molecule has 2 heteroatoms. The van der Waals surface area contributed by atoms with E-state index >= 15 is 0 Å². The first kappa shape index (κ1) is 11.3. The molecule has 0 aromatic heterocycles. The lowest BCUT2D eigenvalue weighted by Gasteiger charge is -2.06. The van der Waals surface area contributed by atoms with Gasteiger partial charge in [0.1, 0.15) is 18.1 Å². The minimum absolute atomic E-state index is 0.284. The van der Waals surface area contributed by atoms with E-state index in [4.69, 9.17) is 4.74 Å². The van der Waals surface area contributed by atoms with E-state index in [-0.39, 0.29) is 5.75 Å². The van der Waals surface area contributed by atoms with Crippen molar-refractivity contribution < 1.29 is 9.84 Å². The van der Waals surface area contributed by atoms with Crippen molar-refractivity contribution in [3.05, 3.63) is 61.2 Å². The van der Waals surface area contributed by atoms with E-state index in [1.54, 1.807) is 18.2 Å². The fraction of sp³-hybridized carbons (Fsp3) is 0.0667. The van der Waals surface area contributed by atoms with Crippen LogP contribution in [0.1, 0.15) is 0 Å². The number of hydrogen-bond acceptors (Lipinski definition) is 2. The molecule has 0 bridgehead atoms. The van der Waals surface area contributed by atoms with E-state index in [0.717, 1.165) is 16.9 Å². The maximum absolute atomic E-state index is 9.73. The Hall–Kier alpha value is -2.22. The van der Waals surface area contributed by atoms with Crippen molar-refractivity contribution in [1.29, 1.82) is 0 Å². The molecule has 1 N–H and O–H groups in total. The van der Waals surface area contributed by atoms with Gasteiger partial charge in [-0.1, -0.05) is 43.0 Å². The van der Waals surface area contributed by atoms with E-state index in [9.17, 15) is 5.11 Å². The van der Waals surface area contributed by atoms with Crippen molar-refractivity contribution >= 4 is 0 Å². The third kappa shape index (κ3) is 2.67. The van der Waals surface area contributed by atoms with Gasteiger partial charge < -0.3 is 9.84 Å². The lowest BCUT2D eigenvalue weighted by atomic mass is 10.0. The Labute approximate surface area is 101 Å². The number of aromatic hydroxyl groups is 1. The van der Waals surface area contributed by atoms with Crippen LogP contribution in [-0.2, 0) is 0 Å². The van der Waals surface area contributed by atoms with Crippen LogP contribution >= 0.6 is 0 Å². The van der Waals surface area contributed by atoms with Gasteiger partial charge in [-0.3, -0.25) is 0 Å². The van der Waals surface area contributed by atoms with E-state index in [2.05, 4.69) is 6.58 Å². The molecule has 0 aliphatic heterocycles. The quantitative estimate of drug-likeness (QED) is 0.807. The summed E-state index contributed by atoms with van der Waals surface area (Å²) in [7, 11) is 0. The molecule has 2 aromatic carbocycles. The van der Waals surface area contributed by atoms with Crippen LogP contribution in [0, 0.1) is 0 Å². The Kier molecular flexibility index (Phi) is 3.46. The molecule has 0 amide bonds. The van der Waals surface area contributed by atoms with Crippen LogP contribution in [0.3, 0.4) is 0 Å². The normalized spacial score (nSPS) is 9.88. The molecule has 0 saturated heterocycles. The maximum atomic E-state index is 9.73. The highest BCUT2D eigenvalue weighted by molar-refractivity contribution is 5.70. The molecule has 17 heavy (non-hydrogen) atoms. The number of benzene rings is 2. The van der Waals surface area contributed by atoms with Gasteiger partial charge in [0.15, 0.2) is 0 Å². The summed E-state index contributed by atoms with van der Waals surface area (Å²) < 4.78 is 5.40. The van der Waals surface area contributed by atoms with Gasteiger partial charge in [-0.25, -0.2) is 0 Å². The first-order valence-corrected chi connectivity index (χ1v) is 5.43. The molecule has 0 atom stereocenters. The first-order chi connectivity index (χ1) is 8.31. The van der Waals surface area contributed by atoms with E-state index in [1.807, 2.05) is 36.4 Å². The minimum atomic E-state index is 0.284. The fourth-order valence-corrected chi connectivity index (χ4v) is 1.60. The highest BCUT2D eigenvalue weighted by Crippen LogP contribution is 2.29. The highest BCUT2D eigenvalue weighted by atomic mass is 16.5. The molecule has 2 nitrogen and oxygen atoms in total. The summed E-state index contributed by atoms with van der Waals surface area (Å²) in [6, 6.07) is 14.9. The van der Waals surface area contributed by atoms with Crippen molar-refractivity contribution in [1.82, 2.24) is 0 Å². The lowest BCUT2D eigenvalue weighted by Crippen LogP contribution is -1.92. The Balaban J connectivity index is 2.23. The average molecular weight is 226 g/mol. The summed E-state index contributed by atoms with van der Waals surface area (Å²) in [5.74, 6) is 1.08. The fourth-order valence-electron chi connectivity index (χ4n) is 1.60. The zero-order valence-corrected chi connectivity index (χ0v) is 9.47. The molecule has 0 radical (unpaired) electrons. The number of rotatable bonds is 4. The Morgan fingerprint density at radius 2 is 1.76 bits per heavy atom. The van der Waals surface area contributed by atoms with Gasteiger partial charge in [-0.15, -0.1) is 0 Å². The van der Waals surface area contributed by atoms with E-state index in [1.165, 1.54) is 0 Å². The minimum Gasteiger partial charge on any atom is -0.507 e. The van der Waals surface area contributed by atoms with E-state index < -0.39 is 0 Å². The van der Waals surface area contributed by atoms with Crippen molar-refractivity contribution in [2.24, 2.45) is 0 Å². The number of phenolic OH excluding ortho intramolecular Hbond substituents is 1. The molecule has 0 aliphatic rings. The molecule has 0 heterocycles. The number of para-hydroxylation sites is 1. The molecular weight excluding hydrogens is 212 g/mol. The summed E-state index contributed by atoms with van der Waals surface area (Å²) in [6.45, 7) is 4.09. The lowest BCUT2D eigenvalue weighted by molar-refractivity contribution is 0.363. The van der Waals surface area contributed by atoms with Crippen LogP contribution in [0.4, 0.5) is 0 Å². The third-order valence-electron chi connectivity index (χ3n) is 2.44. The summed E-state index contributed by atoms with van der Waals surface area (Å²) in [6.07, 6.45) is 1.71. The van der Waals surface area contributed by atoms with Crippen LogP contribution in [0.2, 0.25) is 0 Å². The molecule has 2 aromatic rings. The van der Waals surface area contributed by atoms with Gasteiger partial charge in [-0.05, 0) is 23.8 Å². The maximum Gasteiger partial charge on any atom is 0.123 e. The number of hydrogen-bond donors (Lipinski definition) is 1. The highest BCUT2D eigenvalue weighted by Gasteiger charge is 2.02. The van der Waals surface area contributed by atoms with Crippen LogP contribution in [-0.4, -0.2) is 11.7 Å². The molecule has 2 rings (SSSR count). The summed E-state index contributed by atoms with van der Waals surface area (Å²) in [5.41, 5.74) is 1.79. The number of ether oxygens (including phenoxy) is 1. The molecular formula is C15H14O2.